The van der Waals surface area contributed by atoms with Crippen LogP contribution in [-0.2, 0) is 0 Å². The van der Waals surface area contributed by atoms with Crippen LogP contribution in [0.25, 0.3) is 0 Å². The minimum Gasteiger partial charge on any atom is -0.366 e. The van der Waals surface area contributed by atoms with Gasteiger partial charge in [-0.25, -0.2) is 0 Å². The van der Waals surface area contributed by atoms with Gasteiger partial charge in [0.05, 0.1) is 0 Å². The third kappa shape index (κ3) is 2.38. The third-order valence-corrected chi connectivity index (χ3v) is 3.56. The van der Waals surface area contributed by atoms with Crippen LogP contribution in [0.15, 0.2) is 18.2 Å². The fraction of sp³-hybridized carbons (Fsp3) is 0.462. The highest BCUT2D eigenvalue weighted by molar-refractivity contribution is 6.31. The van der Waals surface area contributed by atoms with Gasteiger partial charge in [0.15, 0.2) is 0 Å². The van der Waals surface area contributed by atoms with E-state index in [0.29, 0.717) is 16.5 Å². The molecule has 2 nitrogen and oxygen atoms in total. The van der Waals surface area contributed by atoms with Gasteiger partial charge in [0.25, 0.3) is 0 Å². The molecule has 0 heterocycles. The molecule has 1 aliphatic rings. The van der Waals surface area contributed by atoms with Crippen LogP contribution in [0.1, 0.15) is 53.9 Å². The van der Waals surface area contributed by atoms with Crippen molar-refractivity contribution in [2.75, 3.05) is 0 Å². The van der Waals surface area contributed by atoms with E-state index in [1.54, 1.807) is 6.07 Å². The molecule has 0 atom stereocenters. The zero-order valence-corrected chi connectivity index (χ0v) is 9.96. The number of hydrogen-bond acceptors (Lipinski definition) is 1. The number of nitrogens with two attached hydrogens (primary N) is 1. The second-order valence-corrected chi connectivity index (χ2v) is 4.87. The Morgan fingerprint density at radius 2 is 1.94 bits per heavy atom. The predicted molar refractivity (Wildman–Crippen MR) is 65.8 cm³/mol. The first-order valence-electron chi connectivity index (χ1n) is 5.77. The Hall–Kier alpha value is -1.02. The lowest BCUT2D eigenvalue weighted by Crippen LogP contribution is -2.16. The highest BCUT2D eigenvalue weighted by atomic mass is 35.5. The zero-order valence-electron chi connectivity index (χ0n) is 9.21. The number of primary amides is 1. The topological polar surface area (TPSA) is 43.1 Å². The van der Waals surface area contributed by atoms with Crippen molar-refractivity contribution in [3.05, 3.63) is 34.3 Å². The molecule has 3 heteroatoms. The van der Waals surface area contributed by atoms with Crippen molar-refractivity contribution in [3.63, 3.8) is 0 Å². The van der Waals surface area contributed by atoms with E-state index in [4.69, 9.17) is 17.3 Å². The largest absolute Gasteiger partial charge is 0.366 e. The first kappa shape index (κ1) is 11.5. The van der Waals surface area contributed by atoms with Gasteiger partial charge in [-0.15, -0.1) is 0 Å². The van der Waals surface area contributed by atoms with Crippen LogP contribution in [0.3, 0.4) is 0 Å². The number of rotatable bonds is 2. The number of hydrogen-bond donors (Lipinski definition) is 1. The molecule has 2 N–H and O–H groups in total. The Kier molecular flexibility index (Phi) is 3.49. The maximum atomic E-state index is 11.4. The normalized spacial score (nSPS) is 17.3. The van der Waals surface area contributed by atoms with Gasteiger partial charge >= 0.3 is 0 Å². The summed E-state index contributed by atoms with van der Waals surface area (Å²) in [5.41, 5.74) is 7.07. The van der Waals surface area contributed by atoms with E-state index in [-0.39, 0.29) is 5.91 Å². The van der Waals surface area contributed by atoms with E-state index >= 15 is 0 Å². The molecule has 1 fully saturated rings. The molecule has 0 spiro atoms. The number of halogens is 1. The minimum absolute atomic E-state index is 0.372. The van der Waals surface area contributed by atoms with Gasteiger partial charge in [0.2, 0.25) is 5.91 Å². The van der Waals surface area contributed by atoms with Crippen LogP contribution in [-0.4, -0.2) is 5.91 Å². The first-order valence-corrected chi connectivity index (χ1v) is 6.15. The Labute approximate surface area is 101 Å². The van der Waals surface area contributed by atoms with E-state index < -0.39 is 0 Å². The summed E-state index contributed by atoms with van der Waals surface area (Å²) in [6.07, 6.45) is 6.09. The van der Waals surface area contributed by atoms with Crippen molar-refractivity contribution in [3.8, 4) is 0 Å². The van der Waals surface area contributed by atoms with Gasteiger partial charge in [-0.1, -0.05) is 36.9 Å². The molecule has 2 rings (SSSR count). The molecule has 0 aliphatic heterocycles. The summed E-state index contributed by atoms with van der Waals surface area (Å²) in [5.74, 6) is 0.108. The SMILES string of the molecule is NC(=O)c1cc(Cl)ccc1C1CCCCC1. The average Bonchev–Trinajstić information content (AvgIpc) is 2.30. The molecule has 1 aliphatic carbocycles. The standard InChI is InChI=1S/C13H16ClNO/c14-10-6-7-11(12(8-10)13(15)16)9-4-2-1-3-5-9/h6-9H,1-5H2,(H2,15,16). The van der Waals surface area contributed by atoms with E-state index in [2.05, 4.69) is 0 Å². The fourth-order valence-electron chi connectivity index (χ4n) is 2.51. The monoisotopic (exact) mass is 237 g/mol. The van der Waals surface area contributed by atoms with Crippen LogP contribution in [0, 0.1) is 0 Å². The Balaban J connectivity index is 2.34. The number of carbonyl (C=O) groups excluding carboxylic acids is 1. The number of amides is 1. The molecule has 86 valence electrons. The fourth-order valence-corrected chi connectivity index (χ4v) is 2.68. The van der Waals surface area contributed by atoms with Crippen LogP contribution in [0.4, 0.5) is 0 Å². The Bertz CT molecular complexity index is 397. The maximum absolute atomic E-state index is 11.4. The van der Waals surface area contributed by atoms with Crippen LogP contribution in [0.2, 0.25) is 5.02 Å². The molecule has 0 saturated heterocycles. The minimum atomic E-state index is -0.372. The lowest BCUT2D eigenvalue weighted by atomic mass is 9.82. The van der Waals surface area contributed by atoms with Gasteiger partial charge in [0, 0.05) is 10.6 Å². The van der Waals surface area contributed by atoms with E-state index in [1.165, 1.54) is 19.3 Å². The van der Waals surface area contributed by atoms with Crippen LogP contribution >= 0.6 is 11.6 Å². The molecule has 0 bridgehead atoms. The molecular weight excluding hydrogens is 222 g/mol. The quantitative estimate of drug-likeness (QED) is 0.841. The van der Waals surface area contributed by atoms with E-state index in [1.807, 2.05) is 12.1 Å². The maximum Gasteiger partial charge on any atom is 0.249 e. The van der Waals surface area contributed by atoms with Crippen LogP contribution in [0.5, 0.6) is 0 Å². The summed E-state index contributed by atoms with van der Waals surface area (Å²) in [4.78, 5) is 11.4. The summed E-state index contributed by atoms with van der Waals surface area (Å²) < 4.78 is 0. The molecule has 1 saturated carbocycles. The predicted octanol–water partition coefficient (Wildman–Crippen LogP) is 3.49. The van der Waals surface area contributed by atoms with E-state index in [9.17, 15) is 4.79 Å². The zero-order chi connectivity index (χ0) is 11.5. The number of carbonyl (C=O) groups is 1. The molecule has 0 radical (unpaired) electrons. The highest BCUT2D eigenvalue weighted by Gasteiger charge is 2.20. The second kappa shape index (κ2) is 4.88. The third-order valence-electron chi connectivity index (χ3n) is 3.33. The van der Waals surface area contributed by atoms with Crippen molar-refractivity contribution < 1.29 is 4.79 Å². The van der Waals surface area contributed by atoms with Gasteiger partial charge in [-0.05, 0) is 36.5 Å². The van der Waals surface area contributed by atoms with Crippen molar-refractivity contribution in [1.82, 2.24) is 0 Å². The summed E-state index contributed by atoms with van der Waals surface area (Å²) in [5, 5.41) is 0.577. The molecule has 16 heavy (non-hydrogen) atoms. The van der Waals surface area contributed by atoms with Crippen molar-refractivity contribution in [1.29, 1.82) is 0 Å². The lowest BCUT2D eigenvalue weighted by molar-refractivity contribution is 0.0998. The average molecular weight is 238 g/mol. The molecule has 1 amide bonds. The molecule has 0 aromatic heterocycles. The van der Waals surface area contributed by atoms with Gasteiger partial charge in [0.1, 0.15) is 0 Å². The van der Waals surface area contributed by atoms with Gasteiger partial charge in [-0.2, -0.15) is 0 Å². The van der Waals surface area contributed by atoms with Crippen molar-refractivity contribution >= 4 is 17.5 Å². The molecule has 1 aromatic carbocycles. The van der Waals surface area contributed by atoms with Crippen LogP contribution < -0.4 is 5.73 Å². The summed E-state index contributed by atoms with van der Waals surface area (Å²) >= 11 is 5.89. The number of benzene rings is 1. The first-order chi connectivity index (χ1) is 7.68. The molecular formula is C13H16ClNO. The second-order valence-electron chi connectivity index (χ2n) is 4.43. The Morgan fingerprint density at radius 3 is 2.56 bits per heavy atom. The summed E-state index contributed by atoms with van der Waals surface area (Å²) in [6.45, 7) is 0. The van der Waals surface area contributed by atoms with Crippen molar-refractivity contribution in [2.45, 2.75) is 38.0 Å². The lowest BCUT2D eigenvalue weighted by Gasteiger charge is -2.23. The molecule has 1 aromatic rings. The summed E-state index contributed by atoms with van der Waals surface area (Å²) in [7, 11) is 0. The summed E-state index contributed by atoms with van der Waals surface area (Å²) in [6, 6.07) is 5.49. The van der Waals surface area contributed by atoms with Gasteiger partial charge in [-0.3, -0.25) is 4.79 Å². The smallest absolute Gasteiger partial charge is 0.249 e. The van der Waals surface area contributed by atoms with E-state index in [0.717, 1.165) is 18.4 Å². The van der Waals surface area contributed by atoms with Crippen molar-refractivity contribution in [2.24, 2.45) is 5.73 Å². The Morgan fingerprint density at radius 1 is 1.25 bits per heavy atom. The highest BCUT2D eigenvalue weighted by Crippen LogP contribution is 2.35. The van der Waals surface area contributed by atoms with Gasteiger partial charge < -0.3 is 5.73 Å². The molecule has 0 unspecified atom stereocenters.